The Morgan fingerprint density at radius 3 is 2.51 bits per heavy atom. The highest BCUT2D eigenvalue weighted by atomic mass is 16.5. The second-order valence-corrected chi connectivity index (χ2v) is 11.1. The molecular formula is C34H37N5O4. The SMILES string of the molecule is C[C@@H]1CN([C@@H](C)CO)C(=O)c2cccc(NC(=O)c3cnccn3)c2O[C@@H]1CN(C)Cc1ccc(-c2ccccc2)cc1. The highest BCUT2D eigenvalue weighted by Crippen LogP contribution is 2.35. The maximum Gasteiger partial charge on any atom is 0.275 e. The minimum Gasteiger partial charge on any atom is -0.486 e. The molecule has 1 aromatic heterocycles. The summed E-state index contributed by atoms with van der Waals surface area (Å²) >= 11 is 0. The molecule has 0 unspecified atom stereocenters. The van der Waals surface area contributed by atoms with Crippen LogP contribution < -0.4 is 10.1 Å². The average molecular weight is 580 g/mol. The van der Waals surface area contributed by atoms with Crippen molar-refractivity contribution in [3.05, 3.63) is 108 Å². The summed E-state index contributed by atoms with van der Waals surface area (Å²) in [5, 5.41) is 12.8. The van der Waals surface area contributed by atoms with E-state index in [9.17, 15) is 14.7 Å². The standard InChI is InChI=1S/C34H37N5O4/c1-23-19-39(24(2)22-40)34(42)28-10-7-11-29(37-33(41)30-18-35-16-17-36-30)32(28)43-31(23)21-38(3)20-25-12-14-27(15-13-25)26-8-5-4-6-9-26/h4-18,23-24,31,40H,19-22H2,1-3H3,(H,37,41)/t23-,24+,31-/m1/s1. The number of fused-ring (bicyclic) bond motifs is 1. The lowest BCUT2D eigenvalue weighted by molar-refractivity contribution is 0.0343. The van der Waals surface area contributed by atoms with E-state index in [4.69, 9.17) is 4.74 Å². The van der Waals surface area contributed by atoms with Crippen molar-refractivity contribution in [2.24, 2.45) is 5.92 Å². The zero-order chi connectivity index (χ0) is 30.3. The first kappa shape index (κ1) is 29.9. The van der Waals surface area contributed by atoms with E-state index in [0.29, 0.717) is 36.6 Å². The molecule has 0 saturated heterocycles. The van der Waals surface area contributed by atoms with Gasteiger partial charge >= 0.3 is 0 Å². The van der Waals surface area contributed by atoms with Gasteiger partial charge in [-0.25, -0.2) is 4.98 Å². The molecule has 0 saturated carbocycles. The van der Waals surface area contributed by atoms with Crippen molar-refractivity contribution in [3.63, 3.8) is 0 Å². The third kappa shape index (κ3) is 7.07. The van der Waals surface area contributed by atoms with E-state index in [1.807, 2.05) is 39.1 Å². The second-order valence-electron chi connectivity index (χ2n) is 11.1. The van der Waals surface area contributed by atoms with Crippen LogP contribution in [0.25, 0.3) is 11.1 Å². The molecule has 1 aliphatic heterocycles. The number of rotatable bonds is 9. The Kier molecular flexibility index (Phi) is 9.44. The topological polar surface area (TPSA) is 108 Å². The maximum atomic E-state index is 13.7. The number of hydrogen-bond donors (Lipinski definition) is 2. The summed E-state index contributed by atoms with van der Waals surface area (Å²) in [6.07, 6.45) is 4.00. The number of aliphatic hydroxyl groups excluding tert-OH is 1. The van der Waals surface area contributed by atoms with Gasteiger partial charge in [0.1, 0.15) is 11.8 Å². The Balaban J connectivity index is 1.39. The number of aliphatic hydroxyl groups is 1. The van der Waals surface area contributed by atoms with E-state index in [-0.39, 0.29) is 36.3 Å². The number of aromatic nitrogens is 2. The van der Waals surface area contributed by atoms with Gasteiger partial charge in [0.15, 0.2) is 5.75 Å². The molecule has 222 valence electrons. The molecule has 2 heterocycles. The summed E-state index contributed by atoms with van der Waals surface area (Å²) in [6.45, 7) is 5.40. The van der Waals surface area contributed by atoms with Gasteiger partial charge in [-0.05, 0) is 42.8 Å². The van der Waals surface area contributed by atoms with Crippen LogP contribution in [0.4, 0.5) is 5.69 Å². The number of likely N-dealkylation sites (N-methyl/N-ethyl adjacent to an activating group) is 1. The van der Waals surface area contributed by atoms with Crippen LogP contribution in [0.5, 0.6) is 5.75 Å². The van der Waals surface area contributed by atoms with Crippen molar-refractivity contribution >= 4 is 17.5 Å². The summed E-state index contributed by atoms with van der Waals surface area (Å²) in [5.74, 6) is -0.486. The third-order valence-electron chi connectivity index (χ3n) is 7.74. The Morgan fingerprint density at radius 1 is 1.07 bits per heavy atom. The largest absolute Gasteiger partial charge is 0.486 e. The summed E-state index contributed by atoms with van der Waals surface area (Å²) in [6, 6.07) is 23.5. The van der Waals surface area contributed by atoms with Gasteiger partial charge in [-0.1, -0.05) is 67.6 Å². The minimum atomic E-state index is -0.458. The first-order chi connectivity index (χ1) is 20.8. The van der Waals surface area contributed by atoms with Crippen LogP contribution in [-0.4, -0.2) is 75.6 Å². The number of para-hydroxylation sites is 1. The average Bonchev–Trinajstić information content (AvgIpc) is 3.03. The minimum absolute atomic E-state index is 0.0715. The number of hydrogen-bond acceptors (Lipinski definition) is 7. The van der Waals surface area contributed by atoms with Crippen molar-refractivity contribution in [2.45, 2.75) is 32.5 Å². The predicted octanol–water partition coefficient (Wildman–Crippen LogP) is 4.75. The smallest absolute Gasteiger partial charge is 0.275 e. The van der Waals surface area contributed by atoms with Gasteiger partial charge in [0.05, 0.1) is 30.1 Å². The molecule has 3 atom stereocenters. The zero-order valence-electron chi connectivity index (χ0n) is 24.7. The van der Waals surface area contributed by atoms with Crippen LogP contribution in [0.1, 0.15) is 40.3 Å². The lowest BCUT2D eigenvalue weighted by Crippen LogP contribution is -2.49. The van der Waals surface area contributed by atoms with Crippen LogP contribution in [0, 0.1) is 5.92 Å². The van der Waals surface area contributed by atoms with Gasteiger partial charge in [0.2, 0.25) is 0 Å². The molecule has 0 radical (unpaired) electrons. The first-order valence-corrected chi connectivity index (χ1v) is 14.5. The van der Waals surface area contributed by atoms with Gasteiger partial charge in [0, 0.05) is 37.9 Å². The van der Waals surface area contributed by atoms with Gasteiger partial charge < -0.3 is 20.1 Å². The van der Waals surface area contributed by atoms with Crippen LogP contribution in [0.15, 0.2) is 91.4 Å². The molecule has 5 rings (SSSR count). The van der Waals surface area contributed by atoms with Crippen molar-refractivity contribution < 1.29 is 19.4 Å². The lowest BCUT2D eigenvalue weighted by Gasteiger charge is -2.38. The molecule has 0 spiro atoms. The molecule has 0 fully saturated rings. The van der Waals surface area contributed by atoms with Crippen molar-refractivity contribution in [1.29, 1.82) is 0 Å². The first-order valence-electron chi connectivity index (χ1n) is 14.5. The molecule has 4 aromatic rings. The molecule has 0 bridgehead atoms. The predicted molar refractivity (Wildman–Crippen MR) is 166 cm³/mol. The molecule has 2 amide bonds. The Hall–Kier alpha value is -4.60. The van der Waals surface area contributed by atoms with Gasteiger partial charge in [-0.3, -0.25) is 19.5 Å². The van der Waals surface area contributed by atoms with Gasteiger partial charge in [-0.2, -0.15) is 0 Å². The number of nitrogens with one attached hydrogen (secondary N) is 1. The fourth-order valence-corrected chi connectivity index (χ4v) is 5.28. The van der Waals surface area contributed by atoms with Crippen molar-refractivity contribution in [1.82, 2.24) is 19.8 Å². The van der Waals surface area contributed by atoms with Crippen LogP contribution in [0.3, 0.4) is 0 Å². The van der Waals surface area contributed by atoms with Crippen molar-refractivity contribution in [2.75, 3.05) is 32.1 Å². The molecule has 0 aliphatic carbocycles. The summed E-state index contributed by atoms with van der Waals surface area (Å²) < 4.78 is 6.63. The fraction of sp³-hybridized carbons (Fsp3) is 0.294. The molecule has 2 N–H and O–H groups in total. The molecule has 3 aromatic carbocycles. The molecule has 43 heavy (non-hydrogen) atoms. The number of anilines is 1. The number of ether oxygens (including phenoxy) is 1. The molecule has 9 nitrogen and oxygen atoms in total. The second kappa shape index (κ2) is 13.6. The zero-order valence-corrected chi connectivity index (χ0v) is 24.7. The van der Waals surface area contributed by atoms with Crippen LogP contribution >= 0.6 is 0 Å². The molecule has 9 heteroatoms. The quantitative estimate of drug-likeness (QED) is 0.295. The van der Waals surface area contributed by atoms with E-state index < -0.39 is 5.91 Å². The number of amides is 2. The van der Waals surface area contributed by atoms with E-state index in [2.05, 4.69) is 56.6 Å². The third-order valence-corrected chi connectivity index (χ3v) is 7.74. The summed E-state index contributed by atoms with van der Waals surface area (Å²) in [4.78, 5) is 38.7. The molecule has 1 aliphatic rings. The summed E-state index contributed by atoms with van der Waals surface area (Å²) in [5.41, 5.74) is 4.36. The van der Waals surface area contributed by atoms with Gasteiger partial charge in [0.25, 0.3) is 11.8 Å². The maximum absolute atomic E-state index is 13.7. The Bertz CT molecular complexity index is 1530. The number of benzene rings is 3. The summed E-state index contributed by atoms with van der Waals surface area (Å²) in [7, 11) is 2.04. The van der Waals surface area contributed by atoms with Gasteiger partial charge in [-0.15, -0.1) is 0 Å². The Morgan fingerprint density at radius 2 is 1.81 bits per heavy atom. The number of carbonyl (C=O) groups excluding carboxylic acids is 2. The Labute approximate surface area is 252 Å². The normalized spacial score (nSPS) is 17.4. The highest BCUT2D eigenvalue weighted by Gasteiger charge is 2.34. The fourth-order valence-electron chi connectivity index (χ4n) is 5.28. The number of carbonyl (C=O) groups is 2. The van der Waals surface area contributed by atoms with E-state index in [0.717, 1.165) is 0 Å². The van der Waals surface area contributed by atoms with E-state index >= 15 is 0 Å². The van der Waals surface area contributed by atoms with E-state index in [1.54, 1.807) is 23.1 Å². The lowest BCUT2D eigenvalue weighted by atomic mass is 9.98. The molecular weight excluding hydrogens is 542 g/mol. The van der Waals surface area contributed by atoms with Crippen molar-refractivity contribution in [3.8, 4) is 16.9 Å². The van der Waals surface area contributed by atoms with E-state index in [1.165, 1.54) is 35.3 Å². The van der Waals surface area contributed by atoms with Crippen LogP contribution in [0.2, 0.25) is 0 Å². The highest BCUT2D eigenvalue weighted by molar-refractivity contribution is 6.06. The number of nitrogens with zero attached hydrogens (tertiary/aromatic N) is 4. The van der Waals surface area contributed by atoms with Crippen LogP contribution in [-0.2, 0) is 6.54 Å². The monoisotopic (exact) mass is 579 g/mol.